The number of carbonyl (C=O) groups excluding carboxylic acids is 2. The number of likely N-dealkylation sites (N-methyl/N-ethyl adjacent to an activating group) is 1. The van der Waals surface area contributed by atoms with Crippen molar-refractivity contribution in [2.24, 2.45) is 0 Å². The summed E-state index contributed by atoms with van der Waals surface area (Å²) < 4.78 is 6.22. The molecule has 5 nitrogen and oxygen atoms in total. The molecule has 0 bridgehead atoms. The van der Waals surface area contributed by atoms with E-state index < -0.39 is 0 Å². The second kappa shape index (κ2) is 8.49. The number of halogens is 1. The van der Waals surface area contributed by atoms with E-state index in [-0.39, 0.29) is 25.0 Å². The smallest absolute Gasteiger partial charge is 0.260 e. The summed E-state index contributed by atoms with van der Waals surface area (Å²) >= 11 is 3.36. The molecule has 0 atom stereocenters. The van der Waals surface area contributed by atoms with E-state index in [9.17, 15) is 9.59 Å². The van der Waals surface area contributed by atoms with Gasteiger partial charge >= 0.3 is 0 Å². The number of ether oxygens (including phenoxy) is 1. The summed E-state index contributed by atoms with van der Waals surface area (Å²) in [6.07, 6.45) is 0. The highest BCUT2D eigenvalue weighted by Crippen LogP contribution is 2.21. The molecule has 2 amide bonds. The predicted octanol–water partition coefficient (Wildman–Crippen LogP) is 3.23. The summed E-state index contributed by atoms with van der Waals surface area (Å²) in [6.45, 7) is 1.83. The van der Waals surface area contributed by atoms with Crippen LogP contribution in [-0.4, -0.2) is 36.9 Å². The Balaban J connectivity index is 1.81. The molecule has 2 aromatic carbocycles. The monoisotopic (exact) mass is 390 g/mol. The maximum absolute atomic E-state index is 12.0. The fourth-order valence-electron chi connectivity index (χ4n) is 1.95. The van der Waals surface area contributed by atoms with Crippen LogP contribution in [0.4, 0.5) is 5.69 Å². The van der Waals surface area contributed by atoms with Crippen LogP contribution >= 0.6 is 15.9 Å². The van der Waals surface area contributed by atoms with E-state index in [1.807, 2.05) is 49.4 Å². The van der Waals surface area contributed by atoms with E-state index in [1.54, 1.807) is 13.1 Å². The average Bonchev–Trinajstić information content (AvgIpc) is 2.56. The Morgan fingerprint density at radius 2 is 1.79 bits per heavy atom. The van der Waals surface area contributed by atoms with Crippen molar-refractivity contribution in [1.82, 2.24) is 4.90 Å². The van der Waals surface area contributed by atoms with Gasteiger partial charge in [0.25, 0.3) is 5.91 Å². The van der Waals surface area contributed by atoms with E-state index in [4.69, 9.17) is 4.74 Å². The zero-order valence-corrected chi connectivity index (χ0v) is 15.2. The molecule has 126 valence electrons. The van der Waals surface area contributed by atoms with Crippen molar-refractivity contribution >= 4 is 33.4 Å². The van der Waals surface area contributed by atoms with Crippen LogP contribution in [0.25, 0.3) is 0 Å². The fraction of sp³-hybridized carbons (Fsp3) is 0.222. The summed E-state index contributed by atoms with van der Waals surface area (Å²) in [5.41, 5.74) is 1.79. The van der Waals surface area contributed by atoms with Gasteiger partial charge in [-0.05, 0) is 47.1 Å². The van der Waals surface area contributed by atoms with Crippen LogP contribution in [0, 0.1) is 6.92 Å². The van der Waals surface area contributed by atoms with E-state index in [2.05, 4.69) is 21.2 Å². The third-order valence-electron chi connectivity index (χ3n) is 3.34. The van der Waals surface area contributed by atoms with Gasteiger partial charge < -0.3 is 15.0 Å². The Bertz CT molecular complexity index is 716. The zero-order valence-electron chi connectivity index (χ0n) is 13.6. The standard InChI is InChI=1S/C18H19BrN2O3/c1-13-7-9-14(10-8-13)24-12-18(23)21(2)11-17(22)20-16-6-4-3-5-15(16)19/h3-10H,11-12H2,1-2H3,(H,20,22). The van der Waals surface area contributed by atoms with Crippen molar-refractivity contribution in [1.29, 1.82) is 0 Å². The van der Waals surface area contributed by atoms with Gasteiger partial charge in [-0.25, -0.2) is 0 Å². The lowest BCUT2D eigenvalue weighted by atomic mass is 10.2. The Hall–Kier alpha value is -2.34. The Morgan fingerprint density at radius 3 is 2.46 bits per heavy atom. The van der Waals surface area contributed by atoms with Gasteiger partial charge in [-0.1, -0.05) is 29.8 Å². The Kier molecular flexibility index (Phi) is 6.37. The van der Waals surface area contributed by atoms with Crippen LogP contribution in [0.3, 0.4) is 0 Å². The number of amides is 2. The summed E-state index contributed by atoms with van der Waals surface area (Å²) in [5, 5.41) is 2.76. The maximum Gasteiger partial charge on any atom is 0.260 e. The van der Waals surface area contributed by atoms with Gasteiger partial charge in [-0.15, -0.1) is 0 Å². The van der Waals surface area contributed by atoms with E-state index >= 15 is 0 Å². The molecule has 0 aliphatic heterocycles. The SMILES string of the molecule is Cc1ccc(OCC(=O)N(C)CC(=O)Nc2ccccc2Br)cc1. The van der Waals surface area contributed by atoms with Gasteiger partial charge in [0.1, 0.15) is 5.75 Å². The quantitative estimate of drug-likeness (QED) is 0.823. The van der Waals surface area contributed by atoms with Gasteiger partial charge in [-0.3, -0.25) is 9.59 Å². The first-order valence-corrected chi connectivity index (χ1v) is 8.23. The lowest BCUT2D eigenvalue weighted by Crippen LogP contribution is -2.37. The first kappa shape index (κ1) is 18.0. The topological polar surface area (TPSA) is 58.6 Å². The van der Waals surface area contributed by atoms with E-state index in [0.29, 0.717) is 11.4 Å². The highest BCUT2D eigenvalue weighted by molar-refractivity contribution is 9.10. The molecule has 0 saturated heterocycles. The third-order valence-corrected chi connectivity index (χ3v) is 4.03. The molecule has 0 saturated carbocycles. The highest BCUT2D eigenvalue weighted by atomic mass is 79.9. The molecule has 1 N–H and O–H groups in total. The number of para-hydroxylation sites is 1. The van der Waals surface area contributed by atoms with Gasteiger partial charge in [0.05, 0.1) is 12.2 Å². The molecule has 6 heteroatoms. The second-order valence-corrected chi connectivity index (χ2v) is 6.23. The van der Waals surface area contributed by atoms with Crippen molar-refractivity contribution < 1.29 is 14.3 Å². The predicted molar refractivity (Wildman–Crippen MR) is 97.1 cm³/mol. The van der Waals surface area contributed by atoms with Crippen LogP contribution in [0.5, 0.6) is 5.75 Å². The van der Waals surface area contributed by atoms with Gasteiger partial charge in [0, 0.05) is 11.5 Å². The number of benzene rings is 2. The van der Waals surface area contributed by atoms with Crippen molar-refractivity contribution in [2.75, 3.05) is 25.5 Å². The van der Waals surface area contributed by atoms with Crippen molar-refractivity contribution in [2.45, 2.75) is 6.92 Å². The summed E-state index contributed by atoms with van der Waals surface area (Å²) in [7, 11) is 1.57. The molecule has 0 aliphatic rings. The molecule has 0 aromatic heterocycles. The molecule has 0 aliphatic carbocycles. The molecule has 2 rings (SSSR count). The van der Waals surface area contributed by atoms with Crippen LogP contribution in [-0.2, 0) is 9.59 Å². The first-order valence-electron chi connectivity index (χ1n) is 7.43. The van der Waals surface area contributed by atoms with Crippen molar-refractivity contribution in [3.63, 3.8) is 0 Å². The molecule has 0 unspecified atom stereocenters. The third kappa shape index (κ3) is 5.38. The highest BCUT2D eigenvalue weighted by Gasteiger charge is 2.14. The normalized spacial score (nSPS) is 10.1. The minimum atomic E-state index is -0.270. The van der Waals surface area contributed by atoms with Crippen LogP contribution < -0.4 is 10.1 Å². The number of rotatable bonds is 6. The summed E-state index contributed by atoms with van der Waals surface area (Å²) in [6, 6.07) is 14.7. The zero-order chi connectivity index (χ0) is 17.5. The largest absolute Gasteiger partial charge is 0.484 e. The van der Waals surface area contributed by atoms with Crippen LogP contribution in [0.2, 0.25) is 0 Å². The average molecular weight is 391 g/mol. The fourth-order valence-corrected chi connectivity index (χ4v) is 2.33. The molecule has 2 aromatic rings. The van der Waals surface area contributed by atoms with Gasteiger partial charge in [0.15, 0.2) is 6.61 Å². The molecule has 0 fully saturated rings. The minimum Gasteiger partial charge on any atom is -0.484 e. The molecular weight excluding hydrogens is 372 g/mol. The summed E-state index contributed by atoms with van der Waals surface area (Å²) in [4.78, 5) is 25.4. The second-order valence-electron chi connectivity index (χ2n) is 5.38. The molecule has 0 heterocycles. The van der Waals surface area contributed by atoms with Crippen molar-refractivity contribution in [3.8, 4) is 5.75 Å². The van der Waals surface area contributed by atoms with Crippen molar-refractivity contribution in [3.05, 3.63) is 58.6 Å². The summed E-state index contributed by atoms with van der Waals surface area (Å²) in [5.74, 6) is 0.0888. The molecule has 24 heavy (non-hydrogen) atoms. The number of anilines is 1. The number of hydrogen-bond acceptors (Lipinski definition) is 3. The van der Waals surface area contributed by atoms with E-state index in [1.165, 1.54) is 4.90 Å². The number of aryl methyl sites for hydroxylation is 1. The Labute approximate surface area is 149 Å². The number of nitrogens with zero attached hydrogens (tertiary/aromatic N) is 1. The van der Waals surface area contributed by atoms with Crippen LogP contribution in [0.1, 0.15) is 5.56 Å². The number of carbonyl (C=O) groups is 2. The number of nitrogens with one attached hydrogen (secondary N) is 1. The lowest BCUT2D eigenvalue weighted by Gasteiger charge is -2.17. The Morgan fingerprint density at radius 1 is 1.12 bits per heavy atom. The van der Waals surface area contributed by atoms with Gasteiger partial charge in [0.2, 0.25) is 5.91 Å². The first-order chi connectivity index (χ1) is 11.5. The maximum atomic E-state index is 12.0. The molecule has 0 radical (unpaired) electrons. The van der Waals surface area contributed by atoms with Crippen LogP contribution in [0.15, 0.2) is 53.0 Å². The number of hydrogen-bond donors (Lipinski definition) is 1. The minimum absolute atomic E-state index is 0.0442. The lowest BCUT2D eigenvalue weighted by molar-refractivity contribution is -0.135. The van der Waals surface area contributed by atoms with Gasteiger partial charge in [-0.2, -0.15) is 0 Å². The molecular formula is C18H19BrN2O3. The van der Waals surface area contributed by atoms with E-state index in [0.717, 1.165) is 10.0 Å². The molecule has 0 spiro atoms.